The van der Waals surface area contributed by atoms with Crippen molar-refractivity contribution in [2.24, 2.45) is 23.2 Å². The Bertz CT molecular complexity index is 434. The van der Waals surface area contributed by atoms with E-state index >= 15 is 0 Å². The van der Waals surface area contributed by atoms with Crippen LogP contribution in [0.15, 0.2) is 11.6 Å². The van der Waals surface area contributed by atoms with E-state index in [1.165, 1.54) is 31.3 Å². The second-order valence-electron chi connectivity index (χ2n) is 7.82. The Morgan fingerprint density at radius 1 is 1.33 bits per heavy atom. The highest BCUT2D eigenvalue weighted by molar-refractivity contribution is 5.71. The van der Waals surface area contributed by atoms with E-state index in [9.17, 15) is 4.79 Å². The number of carbonyl (C=O) groups is 1. The van der Waals surface area contributed by atoms with E-state index in [4.69, 9.17) is 4.74 Å². The first-order valence-electron chi connectivity index (χ1n) is 8.55. The Balaban J connectivity index is 1.44. The van der Waals surface area contributed by atoms with Gasteiger partial charge in [0.15, 0.2) is 0 Å². The van der Waals surface area contributed by atoms with Crippen LogP contribution in [0, 0.1) is 23.2 Å². The fourth-order valence-corrected chi connectivity index (χ4v) is 4.22. The zero-order valence-electron chi connectivity index (χ0n) is 13.7. The van der Waals surface area contributed by atoms with Crippen LogP contribution in [-0.4, -0.2) is 37.1 Å². The maximum Gasteiger partial charge on any atom is 0.320 e. The lowest BCUT2D eigenvalue weighted by molar-refractivity contribution is -0.146. The largest absolute Gasteiger partial charge is 0.464 e. The number of allylic oxidation sites excluding steroid dienone is 1. The Kier molecular flexibility index (Phi) is 4.13. The third-order valence-electron chi connectivity index (χ3n) is 6.01. The van der Waals surface area contributed by atoms with E-state index in [0.717, 1.165) is 24.9 Å². The molecule has 0 amide bonds. The summed E-state index contributed by atoms with van der Waals surface area (Å²) >= 11 is 0. The molecule has 3 heteroatoms. The summed E-state index contributed by atoms with van der Waals surface area (Å²) in [4.78, 5) is 14.2. The van der Waals surface area contributed by atoms with Crippen LogP contribution >= 0.6 is 0 Å². The highest BCUT2D eigenvalue weighted by atomic mass is 16.5. The molecule has 0 aromatic rings. The molecular formula is C18H29NO2. The fourth-order valence-electron chi connectivity index (χ4n) is 4.22. The van der Waals surface area contributed by atoms with Crippen LogP contribution in [-0.2, 0) is 9.53 Å². The van der Waals surface area contributed by atoms with E-state index < -0.39 is 0 Å². The molecule has 1 heterocycles. The number of carbonyl (C=O) groups excluding carboxylic acids is 1. The third kappa shape index (κ3) is 3.18. The first-order chi connectivity index (χ1) is 9.98. The standard InChI is InChI=1S/C18H29NO2/c1-13-9-15-16(18(15,2)3)10-14(13)12-21-17(20)11-19-7-5-4-6-8-19/h9,14-16H,4-8,10-12H2,1-3H3/t14-,15+,16-/m0/s1. The second kappa shape index (κ2) is 5.75. The predicted octanol–water partition coefficient (Wildman–Crippen LogP) is 3.25. The van der Waals surface area contributed by atoms with Crippen LogP contribution < -0.4 is 0 Å². The number of fused-ring (bicyclic) bond motifs is 1. The van der Waals surface area contributed by atoms with Gasteiger partial charge in [-0.2, -0.15) is 0 Å². The summed E-state index contributed by atoms with van der Waals surface area (Å²) in [5, 5.41) is 0. The van der Waals surface area contributed by atoms with Gasteiger partial charge in [-0.15, -0.1) is 0 Å². The van der Waals surface area contributed by atoms with Crippen molar-refractivity contribution < 1.29 is 9.53 Å². The van der Waals surface area contributed by atoms with Gasteiger partial charge < -0.3 is 4.74 Å². The summed E-state index contributed by atoms with van der Waals surface area (Å²) in [5.41, 5.74) is 1.89. The highest BCUT2D eigenvalue weighted by Gasteiger charge is 2.58. The number of hydrogen-bond acceptors (Lipinski definition) is 3. The van der Waals surface area contributed by atoms with Gasteiger partial charge in [-0.1, -0.05) is 31.9 Å². The first kappa shape index (κ1) is 15.1. The summed E-state index contributed by atoms with van der Waals surface area (Å²) in [7, 11) is 0. The molecule has 21 heavy (non-hydrogen) atoms. The van der Waals surface area contributed by atoms with Crippen molar-refractivity contribution in [3.63, 3.8) is 0 Å². The number of likely N-dealkylation sites (tertiary alicyclic amines) is 1. The molecule has 2 aliphatic carbocycles. The summed E-state index contributed by atoms with van der Waals surface area (Å²) in [6.45, 7) is 10.1. The minimum atomic E-state index is -0.0399. The van der Waals surface area contributed by atoms with Gasteiger partial charge in [0.1, 0.15) is 0 Å². The second-order valence-corrected chi connectivity index (χ2v) is 7.82. The number of rotatable bonds is 4. The van der Waals surface area contributed by atoms with Crippen molar-refractivity contribution in [3.8, 4) is 0 Å². The van der Waals surface area contributed by atoms with Gasteiger partial charge in [-0.25, -0.2) is 0 Å². The molecule has 1 aliphatic heterocycles. The van der Waals surface area contributed by atoms with Crippen molar-refractivity contribution in [3.05, 3.63) is 11.6 Å². The van der Waals surface area contributed by atoms with Gasteiger partial charge in [0, 0.05) is 5.92 Å². The zero-order valence-corrected chi connectivity index (χ0v) is 13.7. The average molecular weight is 291 g/mol. The van der Waals surface area contributed by atoms with Crippen LogP contribution in [0.4, 0.5) is 0 Å². The Hall–Kier alpha value is -0.830. The lowest BCUT2D eigenvalue weighted by Crippen LogP contribution is -2.35. The number of esters is 1. The molecular weight excluding hydrogens is 262 g/mol. The summed E-state index contributed by atoms with van der Waals surface area (Å²) in [5.74, 6) is 1.96. The Morgan fingerprint density at radius 3 is 2.76 bits per heavy atom. The molecule has 3 atom stereocenters. The normalized spacial score (nSPS) is 34.8. The maximum atomic E-state index is 12.0. The molecule has 1 saturated heterocycles. The van der Waals surface area contributed by atoms with E-state index in [-0.39, 0.29) is 5.97 Å². The van der Waals surface area contributed by atoms with Gasteiger partial charge in [0.2, 0.25) is 0 Å². The SMILES string of the molecule is CC1=C[C@@H]2[C@H](C[C@H]1COC(=O)CN1CCCCC1)C2(C)C. The molecule has 3 aliphatic rings. The summed E-state index contributed by atoms with van der Waals surface area (Å²) in [6.07, 6.45) is 7.36. The molecule has 3 nitrogen and oxygen atoms in total. The van der Waals surface area contributed by atoms with Gasteiger partial charge in [-0.05, 0) is 56.5 Å². The van der Waals surface area contributed by atoms with Crippen molar-refractivity contribution in [2.75, 3.05) is 26.2 Å². The predicted molar refractivity (Wildman–Crippen MR) is 83.9 cm³/mol. The summed E-state index contributed by atoms with van der Waals surface area (Å²) in [6, 6.07) is 0. The topological polar surface area (TPSA) is 29.5 Å². The van der Waals surface area contributed by atoms with Crippen LogP contribution in [0.2, 0.25) is 0 Å². The zero-order chi connectivity index (χ0) is 15.0. The molecule has 1 saturated carbocycles. The molecule has 0 spiro atoms. The molecule has 0 bridgehead atoms. The lowest BCUT2D eigenvalue weighted by atomic mass is 9.89. The smallest absolute Gasteiger partial charge is 0.320 e. The molecule has 118 valence electrons. The van der Waals surface area contributed by atoms with Gasteiger partial charge in [0.25, 0.3) is 0 Å². The van der Waals surface area contributed by atoms with Gasteiger partial charge in [0.05, 0.1) is 13.2 Å². The quantitative estimate of drug-likeness (QED) is 0.588. The molecule has 0 aromatic heterocycles. The van der Waals surface area contributed by atoms with E-state index in [0.29, 0.717) is 24.5 Å². The minimum Gasteiger partial charge on any atom is -0.464 e. The minimum absolute atomic E-state index is 0.0399. The van der Waals surface area contributed by atoms with Crippen molar-refractivity contribution in [1.29, 1.82) is 0 Å². The van der Waals surface area contributed by atoms with Gasteiger partial charge >= 0.3 is 5.97 Å². The Labute approximate surface area is 128 Å². The lowest BCUT2D eigenvalue weighted by Gasteiger charge is -2.26. The number of nitrogens with zero attached hydrogens (tertiary/aromatic N) is 1. The van der Waals surface area contributed by atoms with Crippen LogP contribution in [0.3, 0.4) is 0 Å². The molecule has 0 unspecified atom stereocenters. The van der Waals surface area contributed by atoms with Crippen LogP contribution in [0.1, 0.15) is 46.5 Å². The molecule has 2 fully saturated rings. The van der Waals surface area contributed by atoms with Crippen LogP contribution in [0.5, 0.6) is 0 Å². The van der Waals surface area contributed by atoms with E-state index in [1.807, 2.05) is 0 Å². The number of hydrogen-bond donors (Lipinski definition) is 0. The fraction of sp³-hybridized carbons (Fsp3) is 0.833. The molecule has 3 rings (SSSR count). The van der Waals surface area contributed by atoms with Crippen LogP contribution in [0.25, 0.3) is 0 Å². The van der Waals surface area contributed by atoms with Crippen molar-refractivity contribution in [2.45, 2.75) is 46.5 Å². The van der Waals surface area contributed by atoms with Crippen molar-refractivity contribution in [1.82, 2.24) is 4.90 Å². The Morgan fingerprint density at radius 2 is 2.05 bits per heavy atom. The van der Waals surface area contributed by atoms with Crippen molar-refractivity contribution >= 4 is 5.97 Å². The average Bonchev–Trinajstić information content (AvgIpc) is 2.98. The van der Waals surface area contributed by atoms with Gasteiger partial charge in [-0.3, -0.25) is 9.69 Å². The highest BCUT2D eigenvalue weighted by Crippen LogP contribution is 2.64. The van der Waals surface area contributed by atoms with E-state index in [2.05, 4.69) is 31.7 Å². The van der Waals surface area contributed by atoms with E-state index in [1.54, 1.807) is 0 Å². The molecule has 0 radical (unpaired) electrons. The monoisotopic (exact) mass is 291 g/mol. The number of piperidine rings is 1. The molecule has 0 aromatic carbocycles. The first-order valence-corrected chi connectivity index (χ1v) is 8.55. The third-order valence-corrected chi connectivity index (χ3v) is 6.01. The molecule has 0 N–H and O–H groups in total. The summed E-state index contributed by atoms with van der Waals surface area (Å²) < 4.78 is 5.57. The number of ether oxygens (including phenoxy) is 1. The maximum absolute atomic E-state index is 12.0.